The second-order valence-electron chi connectivity index (χ2n) is 5.43. The van der Waals surface area contributed by atoms with Crippen molar-refractivity contribution in [1.82, 2.24) is 4.90 Å². The van der Waals surface area contributed by atoms with Gasteiger partial charge in [0.2, 0.25) is 0 Å². The molecule has 2 unspecified atom stereocenters. The van der Waals surface area contributed by atoms with Gasteiger partial charge in [-0.1, -0.05) is 23.7 Å². The minimum Gasteiger partial charge on any atom is -0.327 e. The molecule has 0 amide bonds. The van der Waals surface area contributed by atoms with E-state index in [0.717, 1.165) is 30.6 Å². The van der Waals surface area contributed by atoms with Crippen molar-refractivity contribution in [2.75, 3.05) is 13.1 Å². The molecular formula is C14H19ClN2. The number of piperidine rings is 1. The highest BCUT2D eigenvalue weighted by Gasteiger charge is 2.35. The molecule has 3 heteroatoms. The van der Waals surface area contributed by atoms with E-state index in [1.807, 2.05) is 12.1 Å². The van der Waals surface area contributed by atoms with E-state index in [1.165, 1.54) is 18.4 Å². The monoisotopic (exact) mass is 250 g/mol. The summed E-state index contributed by atoms with van der Waals surface area (Å²) < 4.78 is 0. The van der Waals surface area contributed by atoms with E-state index in [4.69, 9.17) is 17.3 Å². The van der Waals surface area contributed by atoms with Gasteiger partial charge in [-0.25, -0.2) is 0 Å². The molecule has 92 valence electrons. The summed E-state index contributed by atoms with van der Waals surface area (Å²) >= 11 is 6.07. The molecule has 3 rings (SSSR count). The van der Waals surface area contributed by atoms with E-state index in [0.29, 0.717) is 12.0 Å². The average Bonchev–Trinajstić information content (AvgIpc) is 3.12. The van der Waals surface area contributed by atoms with Crippen molar-refractivity contribution in [2.24, 2.45) is 5.73 Å². The fourth-order valence-electron chi connectivity index (χ4n) is 2.91. The van der Waals surface area contributed by atoms with E-state index >= 15 is 0 Å². The largest absolute Gasteiger partial charge is 0.327 e. The molecule has 0 aromatic heterocycles. The first-order chi connectivity index (χ1) is 8.22. The number of benzene rings is 1. The van der Waals surface area contributed by atoms with Gasteiger partial charge in [-0.2, -0.15) is 0 Å². The van der Waals surface area contributed by atoms with Gasteiger partial charge in [0, 0.05) is 30.2 Å². The van der Waals surface area contributed by atoms with E-state index in [-0.39, 0.29) is 0 Å². The molecule has 2 nitrogen and oxygen atoms in total. The molecule has 0 radical (unpaired) electrons. The zero-order valence-electron chi connectivity index (χ0n) is 9.98. The second kappa shape index (κ2) is 4.60. The van der Waals surface area contributed by atoms with Crippen LogP contribution >= 0.6 is 11.6 Å². The third-order valence-electron chi connectivity index (χ3n) is 3.89. The number of hydrogen-bond acceptors (Lipinski definition) is 2. The smallest absolute Gasteiger partial charge is 0.0408 e. The number of nitrogens with zero attached hydrogens (tertiary/aromatic N) is 1. The van der Waals surface area contributed by atoms with Gasteiger partial charge in [0.15, 0.2) is 0 Å². The third-order valence-corrected chi connectivity index (χ3v) is 4.13. The first kappa shape index (κ1) is 11.5. The van der Waals surface area contributed by atoms with Crippen molar-refractivity contribution < 1.29 is 0 Å². The number of rotatable bonds is 2. The number of hydrogen-bond donors (Lipinski definition) is 1. The number of nitrogens with two attached hydrogens (primary N) is 1. The predicted octanol–water partition coefficient (Wildman–Crippen LogP) is 2.62. The van der Waals surface area contributed by atoms with Crippen LogP contribution in [0.3, 0.4) is 0 Å². The third kappa shape index (κ3) is 2.65. The molecule has 1 aromatic carbocycles. The molecule has 2 N–H and O–H groups in total. The topological polar surface area (TPSA) is 29.3 Å². The van der Waals surface area contributed by atoms with Crippen LogP contribution < -0.4 is 5.73 Å². The molecular weight excluding hydrogens is 232 g/mol. The molecule has 1 aromatic rings. The van der Waals surface area contributed by atoms with Crippen LogP contribution in [-0.2, 0) is 0 Å². The molecule has 2 fully saturated rings. The molecule has 0 spiro atoms. The van der Waals surface area contributed by atoms with Crippen LogP contribution in [0.5, 0.6) is 0 Å². The molecule has 2 aliphatic rings. The lowest BCUT2D eigenvalue weighted by Gasteiger charge is -2.36. The summed E-state index contributed by atoms with van der Waals surface area (Å²) in [5, 5.41) is 0.833. The lowest BCUT2D eigenvalue weighted by atomic mass is 9.88. The Balaban J connectivity index is 1.77. The molecule has 1 saturated carbocycles. The Morgan fingerprint density at radius 2 is 2.06 bits per heavy atom. The van der Waals surface area contributed by atoms with Crippen molar-refractivity contribution >= 4 is 11.6 Å². The van der Waals surface area contributed by atoms with Crippen molar-refractivity contribution in [1.29, 1.82) is 0 Å². The summed E-state index contributed by atoms with van der Waals surface area (Å²) in [4.78, 5) is 2.57. The maximum atomic E-state index is 6.18. The highest BCUT2D eigenvalue weighted by atomic mass is 35.5. The van der Waals surface area contributed by atoms with Gasteiger partial charge >= 0.3 is 0 Å². The highest BCUT2D eigenvalue weighted by molar-refractivity contribution is 6.30. The Morgan fingerprint density at radius 1 is 1.24 bits per heavy atom. The Labute approximate surface area is 108 Å². The predicted molar refractivity (Wildman–Crippen MR) is 71.4 cm³/mol. The molecule has 1 aliphatic carbocycles. The maximum Gasteiger partial charge on any atom is 0.0408 e. The van der Waals surface area contributed by atoms with Crippen LogP contribution in [0.1, 0.15) is 30.7 Å². The standard InChI is InChI=1S/C14H19ClN2/c15-12-3-1-2-10(6-12)11-7-13(16)9-17(8-11)14-4-5-14/h1-3,6,11,13-14H,4-5,7-9,16H2. The van der Waals surface area contributed by atoms with E-state index in [1.54, 1.807) is 0 Å². The lowest BCUT2D eigenvalue weighted by molar-refractivity contribution is 0.180. The van der Waals surface area contributed by atoms with Crippen LogP contribution in [0.25, 0.3) is 0 Å². The Hall–Kier alpha value is -0.570. The van der Waals surface area contributed by atoms with Crippen LogP contribution in [0.2, 0.25) is 5.02 Å². The zero-order valence-corrected chi connectivity index (χ0v) is 10.7. The van der Waals surface area contributed by atoms with Crippen molar-refractivity contribution in [3.8, 4) is 0 Å². The van der Waals surface area contributed by atoms with Crippen molar-refractivity contribution in [3.63, 3.8) is 0 Å². The van der Waals surface area contributed by atoms with Gasteiger partial charge in [-0.3, -0.25) is 4.90 Å². The van der Waals surface area contributed by atoms with Gasteiger partial charge in [-0.05, 0) is 42.9 Å². The number of likely N-dealkylation sites (tertiary alicyclic amines) is 1. The fourth-order valence-corrected chi connectivity index (χ4v) is 3.11. The minimum atomic E-state index is 0.313. The molecule has 17 heavy (non-hydrogen) atoms. The van der Waals surface area contributed by atoms with E-state index < -0.39 is 0 Å². The zero-order chi connectivity index (χ0) is 11.8. The summed E-state index contributed by atoms with van der Waals surface area (Å²) in [7, 11) is 0. The lowest BCUT2D eigenvalue weighted by Crippen LogP contribution is -2.47. The van der Waals surface area contributed by atoms with Gasteiger partial charge in [-0.15, -0.1) is 0 Å². The molecule has 2 atom stereocenters. The van der Waals surface area contributed by atoms with Gasteiger partial charge in [0.25, 0.3) is 0 Å². The Kier molecular flexibility index (Phi) is 3.12. The summed E-state index contributed by atoms with van der Waals surface area (Å²) in [6.07, 6.45) is 3.80. The van der Waals surface area contributed by atoms with Crippen LogP contribution in [0.15, 0.2) is 24.3 Å². The van der Waals surface area contributed by atoms with Gasteiger partial charge < -0.3 is 5.73 Å². The fraction of sp³-hybridized carbons (Fsp3) is 0.571. The molecule has 1 aliphatic heterocycles. The SMILES string of the molecule is NC1CC(c2cccc(Cl)c2)CN(C2CC2)C1. The highest BCUT2D eigenvalue weighted by Crippen LogP contribution is 2.34. The van der Waals surface area contributed by atoms with Gasteiger partial charge in [0.05, 0.1) is 0 Å². The van der Waals surface area contributed by atoms with E-state index in [2.05, 4.69) is 17.0 Å². The maximum absolute atomic E-state index is 6.18. The average molecular weight is 251 g/mol. The van der Waals surface area contributed by atoms with E-state index in [9.17, 15) is 0 Å². The van der Waals surface area contributed by atoms with Crippen LogP contribution in [0.4, 0.5) is 0 Å². The molecule has 1 heterocycles. The number of halogens is 1. The first-order valence-corrected chi connectivity index (χ1v) is 6.85. The summed E-state index contributed by atoms with van der Waals surface area (Å²) in [5.41, 5.74) is 7.53. The van der Waals surface area contributed by atoms with Crippen molar-refractivity contribution in [2.45, 2.75) is 37.3 Å². The van der Waals surface area contributed by atoms with Crippen molar-refractivity contribution in [3.05, 3.63) is 34.9 Å². The normalized spacial score (nSPS) is 30.5. The van der Waals surface area contributed by atoms with Crippen LogP contribution in [-0.4, -0.2) is 30.1 Å². The summed E-state index contributed by atoms with van der Waals surface area (Å²) in [6.45, 7) is 2.22. The Morgan fingerprint density at radius 3 is 2.76 bits per heavy atom. The second-order valence-corrected chi connectivity index (χ2v) is 5.87. The molecule has 1 saturated heterocycles. The minimum absolute atomic E-state index is 0.313. The first-order valence-electron chi connectivity index (χ1n) is 6.47. The van der Waals surface area contributed by atoms with Crippen LogP contribution in [0, 0.1) is 0 Å². The van der Waals surface area contributed by atoms with Gasteiger partial charge in [0.1, 0.15) is 0 Å². The summed E-state index contributed by atoms with van der Waals surface area (Å²) in [5.74, 6) is 0.554. The quantitative estimate of drug-likeness (QED) is 0.874. The summed E-state index contributed by atoms with van der Waals surface area (Å²) in [6, 6.07) is 9.37. The Bertz CT molecular complexity index is 403. The molecule has 0 bridgehead atoms.